The highest BCUT2D eigenvalue weighted by molar-refractivity contribution is 5.05. The van der Waals surface area contributed by atoms with Crippen molar-refractivity contribution in [3.05, 3.63) is 0 Å². The molecule has 3 aliphatic rings. The zero-order valence-electron chi connectivity index (χ0n) is 5.71. The molecule has 0 aromatic rings. The molecule has 3 rings (SSSR count). The molecular formula is C8H13N. The summed E-state index contributed by atoms with van der Waals surface area (Å²) in [7, 11) is 0. The monoisotopic (exact) mass is 123 g/mol. The lowest BCUT2D eigenvalue weighted by molar-refractivity contribution is 0.0450. The summed E-state index contributed by atoms with van der Waals surface area (Å²) in [4.78, 5) is 2.73. The predicted octanol–water partition coefficient (Wildman–Crippen LogP) is 1.24. The smallest absolute Gasteiger partial charge is 0.0130 e. The maximum absolute atomic E-state index is 2.73. The summed E-state index contributed by atoms with van der Waals surface area (Å²) in [5, 5.41) is 0. The van der Waals surface area contributed by atoms with Gasteiger partial charge in [-0.25, -0.2) is 0 Å². The van der Waals surface area contributed by atoms with E-state index in [1.54, 1.807) is 6.42 Å². The number of piperidine rings is 1. The van der Waals surface area contributed by atoms with Gasteiger partial charge in [0, 0.05) is 18.6 Å². The third-order valence-electron chi connectivity index (χ3n) is 3.37. The molecule has 9 heavy (non-hydrogen) atoms. The van der Waals surface area contributed by atoms with Crippen molar-refractivity contribution < 1.29 is 0 Å². The van der Waals surface area contributed by atoms with Crippen molar-refractivity contribution in [3.8, 4) is 0 Å². The first kappa shape index (κ1) is 4.73. The third kappa shape index (κ3) is 0.493. The Morgan fingerprint density at radius 3 is 2.78 bits per heavy atom. The number of rotatable bonds is 0. The van der Waals surface area contributed by atoms with Crippen molar-refractivity contribution in [1.82, 2.24) is 4.90 Å². The summed E-state index contributed by atoms with van der Waals surface area (Å²) in [6.07, 6.45) is 6.10. The van der Waals surface area contributed by atoms with Gasteiger partial charge >= 0.3 is 0 Å². The molecule has 0 spiro atoms. The van der Waals surface area contributed by atoms with Crippen LogP contribution in [0.15, 0.2) is 0 Å². The van der Waals surface area contributed by atoms with Gasteiger partial charge in [-0.3, -0.25) is 4.90 Å². The van der Waals surface area contributed by atoms with E-state index in [2.05, 4.69) is 4.90 Å². The van der Waals surface area contributed by atoms with Gasteiger partial charge in [-0.1, -0.05) is 0 Å². The summed E-state index contributed by atoms with van der Waals surface area (Å²) in [5.74, 6) is 1.14. The zero-order valence-corrected chi connectivity index (χ0v) is 5.71. The molecule has 2 aliphatic heterocycles. The third-order valence-corrected chi connectivity index (χ3v) is 3.37. The molecule has 1 heteroatoms. The quantitative estimate of drug-likeness (QED) is 0.468. The number of fused-ring (bicyclic) bond motifs is 3. The van der Waals surface area contributed by atoms with Crippen LogP contribution in [0.5, 0.6) is 0 Å². The minimum absolute atomic E-state index is 1.04. The first-order chi connectivity index (χ1) is 4.45. The van der Waals surface area contributed by atoms with Gasteiger partial charge in [0.1, 0.15) is 0 Å². The Kier molecular flexibility index (Phi) is 0.704. The van der Waals surface area contributed by atoms with Gasteiger partial charge in [0.2, 0.25) is 0 Å². The Hall–Kier alpha value is -0.0400. The maximum atomic E-state index is 2.73. The average Bonchev–Trinajstić information content (AvgIpc) is 2.43. The van der Waals surface area contributed by atoms with Crippen LogP contribution in [0.3, 0.4) is 0 Å². The standard InChI is InChI=1S/C8H13N/c1-2-7-3-4-9(7)8-5-6(1)8/h6-8H,1-5H2. The molecule has 1 saturated carbocycles. The second-order valence-corrected chi connectivity index (χ2v) is 3.82. The predicted molar refractivity (Wildman–Crippen MR) is 36.2 cm³/mol. The Labute approximate surface area is 56.0 Å². The van der Waals surface area contributed by atoms with Crippen molar-refractivity contribution in [2.75, 3.05) is 6.54 Å². The van der Waals surface area contributed by atoms with Crippen LogP contribution < -0.4 is 0 Å². The summed E-state index contributed by atoms with van der Waals surface area (Å²) in [5.41, 5.74) is 0. The molecule has 2 heterocycles. The molecule has 3 fully saturated rings. The Morgan fingerprint density at radius 1 is 1.11 bits per heavy atom. The van der Waals surface area contributed by atoms with Crippen LogP contribution in [-0.4, -0.2) is 23.5 Å². The van der Waals surface area contributed by atoms with Gasteiger partial charge in [0.15, 0.2) is 0 Å². The van der Waals surface area contributed by atoms with E-state index < -0.39 is 0 Å². The lowest BCUT2D eigenvalue weighted by Gasteiger charge is -2.44. The maximum Gasteiger partial charge on any atom is 0.0130 e. The molecule has 50 valence electrons. The second-order valence-electron chi connectivity index (χ2n) is 3.82. The highest BCUT2D eigenvalue weighted by Crippen LogP contribution is 2.49. The summed E-state index contributed by atoms with van der Waals surface area (Å²) in [6.45, 7) is 1.42. The van der Waals surface area contributed by atoms with E-state index in [4.69, 9.17) is 0 Å². The minimum atomic E-state index is 1.04. The van der Waals surface area contributed by atoms with Crippen molar-refractivity contribution in [2.24, 2.45) is 5.92 Å². The van der Waals surface area contributed by atoms with Gasteiger partial charge in [0.05, 0.1) is 0 Å². The molecule has 0 N–H and O–H groups in total. The first-order valence-corrected chi connectivity index (χ1v) is 4.21. The molecule has 0 aromatic heterocycles. The summed E-state index contributed by atoms with van der Waals surface area (Å²) < 4.78 is 0. The van der Waals surface area contributed by atoms with Crippen LogP contribution >= 0.6 is 0 Å². The van der Waals surface area contributed by atoms with Crippen LogP contribution in [0, 0.1) is 5.92 Å². The van der Waals surface area contributed by atoms with Gasteiger partial charge in [0.25, 0.3) is 0 Å². The first-order valence-electron chi connectivity index (χ1n) is 4.21. The van der Waals surface area contributed by atoms with E-state index in [1.807, 2.05) is 0 Å². The minimum Gasteiger partial charge on any atom is -0.297 e. The Balaban J connectivity index is 1.82. The van der Waals surface area contributed by atoms with Crippen LogP contribution in [0.2, 0.25) is 0 Å². The van der Waals surface area contributed by atoms with Crippen LogP contribution in [0.4, 0.5) is 0 Å². The molecule has 0 amide bonds. The highest BCUT2D eigenvalue weighted by Gasteiger charge is 2.50. The van der Waals surface area contributed by atoms with E-state index >= 15 is 0 Å². The van der Waals surface area contributed by atoms with Gasteiger partial charge < -0.3 is 0 Å². The van der Waals surface area contributed by atoms with Crippen LogP contribution in [0.1, 0.15) is 25.7 Å². The molecule has 1 nitrogen and oxygen atoms in total. The summed E-state index contributed by atoms with van der Waals surface area (Å²) in [6, 6.07) is 2.10. The largest absolute Gasteiger partial charge is 0.297 e. The second kappa shape index (κ2) is 1.34. The number of hydrogen-bond donors (Lipinski definition) is 0. The molecule has 0 bridgehead atoms. The van der Waals surface area contributed by atoms with Gasteiger partial charge in [-0.15, -0.1) is 0 Å². The van der Waals surface area contributed by atoms with Crippen LogP contribution in [-0.2, 0) is 0 Å². The zero-order chi connectivity index (χ0) is 5.84. The van der Waals surface area contributed by atoms with E-state index in [9.17, 15) is 0 Å². The molecule has 3 unspecified atom stereocenters. The summed E-state index contributed by atoms with van der Waals surface area (Å²) >= 11 is 0. The molecule has 2 saturated heterocycles. The number of hydrogen-bond acceptors (Lipinski definition) is 1. The van der Waals surface area contributed by atoms with E-state index in [-0.39, 0.29) is 0 Å². The van der Waals surface area contributed by atoms with Gasteiger partial charge in [-0.05, 0) is 31.6 Å². The SMILES string of the molecule is C1CC2CCN2C2CC12. The fraction of sp³-hybridized carbons (Fsp3) is 1.00. The van der Waals surface area contributed by atoms with E-state index in [1.165, 1.54) is 25.8 Å². The molecule has 1 aliphatic carbocycles. The Bertz CT molecular complexity index is 142. The lowest BCUT2D eigenvalue weighted by atomic mass is 9.92. The van der Waals surface area contributed by atoms with Gasteiger partial charge in [-0.2, -0.15) is 0 Å². The van der Waals surface area contributed by atoms with Crippen molar-refractivity contribution in [1.29, 1.82) is 0 Å². The highest BCUT2D eigenvalue weighted by atomic mass is 15.3. The fourth-order valence-electron chi connectivity index (χ4n) is 2.56. The topological polar surface area (TPSA) is 3.24 Å². The van der Waals surface area contributed by atoms with Crippen molar-refractivity contribution in [3.63, 3.8) is 0 Å². The average molecular weight is 123 g/mol. The van der Waals surface area contributed by atoms with E-state index in [0.717, 1.165) is 18.0 Å². The van der Waals surface area contributed by atoms with E-state index in [0.29, 0.717) is 0 Å². The number of nitrogens with zero attached hydrogens (tertiary/aromatic N) is 1. The molecule has 0 aromatic carbocycles. The molecule has 3 atom stereocenters. The molecular weight excluding hydrogens is 110 g/mol. The van der Waals surface area contributed by atoms with Crippen molar-refractivity contribution in [2.45, 2.75) is 37.8 Å². The fourth-order valence-corrected chi connectivity index (χ4v) is 2.56. The normalized spacial score (nSPS) is 55.3. The Morgan fingerprint density at radius 2 is 2.11 bits per heavy atom. The molecule has 0 radical (unpaired) electrons. The van der Waals surface area contributed by atoms with Crippen molar-refractivity contribution >= 4 is 0 Å². The lowest BCUT2D eigenvalue weighted by Crippen LogP contribution is -2.51. The van der Waals surface area contributed by atoms with Crippen LogP contribution in [0.25, 0.3) is 0 Å².